The Bertz CT molecular complexity index is 659. The van der Waals surface area contributed by atoms with Crippen LogP contribution in [0.15, 0.2) is 16.9 Å². The summed E-state index contributed by atoms with van der Waals surface area (Å²) in [5, 5.41) is 8.19. The highest BCUT2D eigenvalue weighted by Gasteiger charge is 2.15. The van der Waals surface area contributed by atoms with Gasteiger partial charge in [0.2, 0.25) is 5.13 Å². The van der Waals surface area contributed by atoms with Gasteiger partial charge in [-0.15, -0.1) is 0 Å². The predicted octanol–water partition coefficient (Wildman–Crippen LogP) is -0.340. The maximum absolute atomic E-state index is 11.7. The van der Waals surface area contributed by atoms with Crippen molar-refractivity contribution in [2.75, 3.05) is 12.4 Å². The van der Waals surface area contributed by atoms with Gasteiger partial charge >= 0.3 is 5.97 Å². The van der Waals surface area contributed by atoms with Crippen LogP contribution in [0.4, 0.5) is 5.13 Å². The highest BCUT2D eigenvalue weighted by molar-refractivity contribution is 7.10. The molecule has 0 aliphatic carbocycles. The molecule has 2 rings (SSSR count). The SMILES string of the molecule is COC(=O)c1nsc(NC(=O)c2ccc(=O)[nH]n2)n1. The molecule has 0 spiro atoms. The topological polar surface area (TPSA) is 127 Å². The second-order valence-electron chi connectivity index (χ2n) is 3.18. The lowest BCUT2D eigenvalue weighted by molar-refractivity contribution is 0.0588. The summed E-state index contributed by atoms with van der Waals surface area (Å²) in [5.74, 6) is -1.42. The van der Waals surface area contributed by atoms with E-state index in [1.54, 1.807) is 0 Å². The zero-order chi connectivity index (χ0) is 13.8. The first-order valence-electron chi connectivity index (χ1n) is 4.89. The Morgan fingerprint density at radius 2 is 2.21 bits per heavy atom. The van der Waals surface area contributed by atoms with Gasteiger partial charge in [-0.1, -0.05) is 0 Å². The van der Waals surface area contributed by atoms with Gasteiger partial charge in [0.05, 0.1) is 7.11 Å². The molecule has 0 aliphatic heterocycles. The van der Waals surface area contributed by atoms with Crippen molar-refractivity contribution in [3.63, 3.8) is 0 Å². The highest BCUT2D eigenvalue weighted by Crippen LogP contribution is 2.12. The molecule has 0 saturated heterocycles. The molecule has 0 fully saturated rings. The van der Waals surface area contributed by atoms with E-state index in [1.165, 1.54) is 19.2 Å². The quantitative estimate of drug-likeness (QED) is 0.737. The fourth-order valence-corrected chi connectivity index (χ4v) is 1.63. The Labute approximate surface area is 109 Å². The molecule has 0 aliphatic rings. The Kier molecular flexibility index (Phi) is 3.61. The molecule has 0 saturated carbocycles. The lowest BCUT2D eigenvalue weighted by atomic mass is 10.4. The van der Waals surface area contributed by atoms with Gasteiger partial charge in [-0.2, -0.15) is 14.5 Å². The van der Waals surface area contributed by atoms with E-state index in [0.29, 0.717) is 0 Å². The average Bonchev–Trinajstić information content (AvgIpc) is 2.87. The monoisotopic (exact) mass is 281 g/mol. The fraction of sp³-hybridized carbons (Fsp3) is 0.111. The molecular weight excluding hydrogens is 274 g/mol. The summed E-state index contributed by atoms with van der Waals surface area (Å²) in [6.07, 6.45) is 0. The van der Waals surface area contributed by atoms with Gasteiger partial charge in [0.15, 0.2) is 0 Å². The van der Waals surface area contributed by atoms with Crippen molar-refractivity contribution in [1.82, 2.24) is 19.6 Å². The Morgan fingerprint density at radius 3 is 2.84 bits per heavy atom. The molecule has 10 heteroatoms. The first-order chi connectivity index (χ1) is 9.10. The number of carbonyl (C=O) groups excluding carboxylic acids is 2. The van der Waals surface area contributed by atoms with E-state index in [9.17, 15) is 14.4 Å². The van der Waals surface area contributed by atoms with Crippen LogP contribution < -0.4 is 10.9 Å². The van der Waals surface area contributed by atoms with Crippen LogP contribution in [-0.2, 0) is 4.74 Å². The minimum atomic E-state index is -0.695. The number of esters is 1. The molecule has 0 radical (unpaired) electrons. The maximum atomic E-state index is 11.7. The number of ether oxygens (including phenoxy) is 1. The minimum absolute atomic E-state index is 0.00872. The number of carbonyl (C=O) groups is 2. The standard InChI is InChI=1S/C9H7N5O4S/c1-18-8(17)6-10-9(19-14-6)11-7(16)4-2-3-5(15)13-12-4/h2-3H,1H3,(H,13,15)(H,10,11,14,16). The zero-order valence-corrected chi connectivity index (χ0v) is 10.4. The van der Waals surface area contributed by atoms with Gasteiger partial charge in [0.1, 0.15) is 5.69 Å². The summed E-state index contributed by atoms with van der Waals surface area (Å²) in [7, 11) is 1.20. The van der Waals surface area contributed by atoms with E-state index in [0.717, 1.165) is 11.5 Å². The molecular formula is C9H7N5O4S. The molecule has 98 valence electrons. The summed E-state index contributed by atoms with van der Waals surface area (Å²) >= 11 is 0.826. The third-order valence-electron chi connectivity index (χ3n) is 1.93. The lowest BCUT2D eigenvalue weighted by Gasteiger charge is -1.98. The third kappa shape index (κ3) is 2.98. The third-order valence-corrected chi connectivity index (χ3v) is 2.56. The molecule has 9 nitrogen and oxygen atoms in total. The number of nitrogens with zero attached hydrogens (tertiary/aromatic N) is 3. The molecule has 2 aromatic heterocycles. The average molecular weight is 281 g/mol. The molecule has 19 heavy (non-hydrogen) atoms. The van der Waals surface area contributed by atoms with Crippen LogP contribution in [-0.4, -0.2) is 38.5 Å². The van der Waals surface area contributed by atoms with Crippen molar-refractivity contribution in [2.45, 2.75) is 0 Å². The van der Waals surface area contributed by atoms with Gasteiger partial charge in [0.25, 0.3) is 17.3 Å². The van der Waals surface area contributed by atoms with E-state index in [1.807, 2.05) is 0 Å². The smallest absolute Gasteiger partial charge is 0.377 e. The summed E-state index contributed by atoms with van der Waals surface area (Å²) < 4.78 is 8.14. The Balaban J connectivity index is 2.10. The van der Waals surface area contributed by atoms with Crippen molar-refractivity contribution in [1.29, 1.82) is 0 Å². The number of rotatable bonds is 3. The molecule has 2 N–H and O–H groups in total. The molecule has 0 unspecified atom stereocenters. The number of hydrogen-bond donors (Lipinski definition) is 2. The summed E-state index contributed by atoms with van der Waals surface area (Å²) in [5.41, 5.74) is -0.408. The summed E-state index contributed by atoms with van der Waals surface area (Å²) in [4.78, 5) is 37.4. The van der Waals surface area contributed by atoms with Crippen LogP contribution in [0, 0.1) is 0 Å². The van der Waals surface area contributed by atoms with Crippen LogP contribution in [0.2, 0.25) is 0 Å². The van der Waals surface area contributed by atoms with Crippen molar-refractivity contribution in [3.05, 3.63) is 34.0 Å². The highest BCUT2D eigenvalue weighted by atomic mass is 32.1. The Morgan fingerprint density at radius 1 is 1.42 bits per heavy atom. The van der Waals surface area contributed by atoms with Crippen LogP contribution in [0.25, 0.3) is 0 Å². The minimum Gasteiger partial charge on any atom is -0.463 e. The van der Waals surface area contributed by atoms with Crippen LogP contribution in [0.1, 0.15) is 21.1 Å². The maximum Gasteiger partial charge on any atom is 0.377 e. The lowest BCUT2D eigenvalue weighted by Crippen LogP contribution is -2.17. The molecule has 2 aromatic rings. The number of nitrogens with one attached hydrogen (secondary N) is 2. The fourth-order valence-electron chi connectivity index (χ4n) is 1.08. The van der Waals surface area contributed by atoms with Crippen LogP contribution >= 0.6 is 11.5 Å². The van der Waals surface area contributed by atoms with Gasteiger partial charge in [0, 0.05) is 17.6 Å². The summed E-state index contributed by atoms with van der Waals surface area (Å²) in [6.45, 7) is 0. The van der Waals surface area contributed by atoms with Gasteiger partial charge < -0.3 is 4.74 Å². The molecule has 0 bridgehead atoms. The normalized spacial score (nSPS) is 9.95. The summed E-state index contributed by atoms with van der Waals surface area (Å²) in [6, 6.07) is 2.43. The van der Waals surface area contributed by atoms with E-state index >= 15 is 0 Å². The predicted molar refractivity (Wildman–Crippen MR) is 64.1 cm³/mol. The first-order valence-corrected chi connectivity index (χ1v) is 5.66. The number of H-pyrrole nitrogens is 1. The molecule has 1 amide bonds. The molecule has 0 atom stereocenters. The van der Waals surface area contributed by atoms with Gasteiger partial charge in [-0.05, 0) is 6.07 Å². The van der Waals surface area contributed by atoms with Crippen molar-refractivity contribution >= 4 is 28.5 Å². The largest absolute Gasteiger partial charge is 0.463 e. The second-order valence-corrected chi connectivity index (χ2v) is 3.93. The number of hydrogen-bond acceptors (Lipinski definition) is 8. The van der Waals surface area contributed by atoms with Crippen molar-refractivity contribution in [2.24, 2.45) is 0 Å². The van der Waals surface area contributed by atoms with E-state index in [4.69, 9.17) is 0 Å². The zero-order valence-electron chi connectivity index (χ0n) is 9.54. The Hall–Kier alpha value is -2.62. The first kappa shape index (κ1) is 12.8. The molecule has 2 heterocycles. The van der Waals surface area contributed by atoms with Gasteiger partial charge in [-0.25, -0.2) is 9.89 Å². The van der Waals surface area contributed by atoms with Crippen LogP contribution in [0.5, 0.6) is 0 Å². The van der Waals surface area contributed by atoms with E-state index in [-0.39, 0.29) is 16.6 Å². The number of amides is 1. The number of aromatic nitrogens is 4. The van der Waals surface area contributed by atoms with Gasteiger partial charge in [-0.3, -0.25) is 14.9 Å². The van der Waals surface area contributed by atoms with E-state index in [2.05, 4.69) is 29.6 Å². The van der Waals surface area contributed by atoms with Crippen molar-refractivity contribution < 1.29 is 14.3 Å². The van der Waals surface area contributed by atoms with Crippen molar-refractivity contribution in [3.8, 4) is 0 Å². The molecule has 0 aromatic carbocycles. The second kappa shape index (κ2) is 5.35. The number of methoxy groups -OCH3 is 1. The number of aromatic amines is 1. The number of anilines is 1. The van der Waals surface area contributed by atoms with Crippen LogP contribution in [0.3, 0.4) is 0 Å². The van der Waals surface area contributed by atoms with E-state index < -0.39 is 17.4 Å².